The van der Waals surface area contributed by atoms with Gasteiger partial charge in [-0.3, -0.25) is 0 Å². The summed E-state index contributed by atoms with van der Waals surface area (Å²) in [7, 11) is 0. The lowest BCUT2D eigenvalue weighted by Gasteiger charge is -1.90. The maximum atomic E-state index is 5.04. The molecule has 1 rings (SSSR count). The molecule has 1 aliphatic rings. The highest BCUT2D eigenvalue weighted by molar-refractivity contribution is 5.89. The molecule has 48 valence electrons. The van der Waals surface area contributed by atoms with Gasteiger partial charge in [-0.15, -0.1) is 0 Å². The second-order valence-corrected chi connectivity index (χ2v) is 1.66. The van der Waals surface area contributed by atoms with Crippen molar-refractivity contribution in [3.05, 3.63) is 24.4 Å². The van der Waals surface area contributed by atoms with Gasteiger partial charge >= 0.3 is 0 Å². The fraction of sp³-hybridized carbons (Fsp3) is 0.286. The average Bonchev–Trinajstić information content (AvgIpc) is 2.34. The number of aliphatic imine (C=N–C) groups is 1. The largest absolute Gasteiger partial charge is 0.473 e. The minimum absolute atomic E-state index is 0.663. The zero-order valence-electron chi connectivity index (χ0n) is 5.37. The van der Waals surface area contributed by atoms with Crippen LogP contribution in [0.1, 0.15) is 6.92 Å². The van der Waals surface area contributed by atoms with Crippen molar-refractivity contribution >= 4 is 5.90 Å². The first kappa shape index (κ1) is 6.08. The van der Waals surface area contributed by atoms with Crippen molar-refractivity contribution in [3.63, 3.8) is 0 Å². The third-order valence-corrected chi connectivity index (χ3v) is 0.939. The summed E-state index contributed by atoms with van der Waals surface area (Å²) in [4.78, 5) is 3.97. The predicted molar refractivity (Wildman–Crippen MR) is 37.3 cm³/mol. The van der Waals surface area contributed by atoms with Crippen LogP contribution >= 0.6 is 0 Å². The fourth-order valence-electron chi connectivity index (χ4n) is 0.559. The van der Waals surface area contributed by atoms with Gasteiger partial charge in [0.15, 0.2) is 0 Å². The molecule has 0 N–H and O–H groups in total. The van der Waals surface area contributed by atoms with Crippen LogP contribution in [0.2, 0.25) is 0 Å². The highest BCUT2D eigenvalue weighted by Gasteiger charge is 1.97. The molecule has 1 heterocycles. The van der Waals surface area contributed by atoms with Crippen LogP contribution in [0.15, 0.2) is 29.4 Å². The Balaban J connectivity index is 2.50. The number of hydrogen-bond donors (Lipinski definition) is 0. The fourth-order valence-corrected chi connectivity index (χ4v) is 0.559. The molecule has 0 radical (unpaired) electrons. The molecular formula is C7H9NO. The van der Waals surface area contributed by atoms with Gasteiger partial charge in [0.25, 0.3) is 0 Å². The maximum Gasteiger partial charge on any atom is 0.213 e. The van der Waals surface area contributed by atoms with Crippen LogP contribution in [0.5, 0.6) is 0 Å². The lowest BCUT2D eigenvalue weighted by molar-refractivity contribution is 0.367. The molecule has 2 nitrogen and oxygen atoms in total. The molecule has 0 aromatic heterocycles. The number of allylic oxidation sites excluding steroid dienone is 1. The van der Waals surface area contributed by atoms with Gasteiger partial charge in [0, 0.05) is 6.20 Å². The molecule has 0 aromatic rings. The van der Waals surface area contributed by atoms with E-state index in [1.807, 2.05) is 25.2 Å². The number of ether oxygens (including phenoxy) is 1. The highest BCUT2D eigenvalue weighted by atomic mass is 16.5. The molecule has 2 heteroatoms. The summed E-state index contributed by atoms with van der Waals surface area (Å²) < 4.78 is 5.04. The average molecular weight is 123 g/mol. The van der Waals surface area contributed by atoms with Crippen LogP contribution in [0.4, 0.5) is 0 Å². The highest BCUT2D eigenvalue weighted by Crippen LogP contribution is 1.95. The van der Waals surface area contributed by atoms with E-state index >= 15 is 0 Å². The van der Waals surface area contributed by atoms with Gasteiger partial charge in [-0.25, -0.2) is 4.99 Å². The van der Waals surface area contributed by atoms with E-state index in [4.69, 9.17) is 4.74 Å². The van der Waals surface area contributed by atoms with Gasteiger partial charge in [-0.2, -0.15) is 0 Å². The number of nitrogens with zero attached hydrogens (tertiary/aromatic N) is 1. The Morgan fingerprint density at radius 2 is 2.67 bits per heavy atom. The van der Waals surface area contributed by atoms with Crippen molar-refractivity contribution in [2.45, 2.75) is 6.92 Å². The smallest absolute Gasteiger partial charge is 0.213 e. The SMILES string of the molecule is CC=CN=C1C=CCO1. The molecule has 0 spiro atoms. The van der Waals surface area contributed by atoms with E-state index < -0.39 is 0 Å². The summed E-state index contributed by atoms with van der Waals surface area (Å²) in [6, 6.07) is 0. The Kier molecular flexibility index (Phi) is 2.07. The van der Waals surface area contributed by atoms with Crippen molar-refractivity contribution in [3.8, 4) is 0 Å². The van der Waals surface area contributed by atoms with Crippen LogP contribution in [0, 0.1) is 0 Å². The molecule has 0 fully saturated rings. The van der Waals surface area contributed by atoms with Crippen molar-refractivity contribution in [1.29, 1.82) is 0 Å². The number of rotatable bonds is 1. The molecular weight excluding hydrogens is 114 g/mol. The number of hydrogen-bond acceptors (Lipinski definition) is 2. The van der Waals surface area contributed by atoms with Gasteiger partial charge in [-0.1, -0.05) is 6.08 Å². The quantitative estimate of drug-likeness (QED) is 0.517. The Labute approximate surface area is 54.6 Å². The first-order chi connectivity index (χ1) is 4.43. The van der Waals surface area contributed by atoms with Gasteiger partial charge in [0.1, 0.15) is 6.61 Å². The lowest BCUT2D eigenvalue weighted by atomic mass is 10.6. The molecule has 0 atom stereocenters. The molecule has 0 saturated carbocycles. The molecule has 1 aliphatic heterocycles. The Morgan fingerprint density at radius 3 is 3.22 bits per heavy atom. The van der Waals surface area contributed by atoms with E-state index in [1.54, 1.807) is 6.20 Å². The molecule has 0 bridgehead atoms. The standard InChI is InChI=1S/C7H9NO/c1-2-5-8-7-4-3-6-9-7/h2-5H,6H2,1H3. The first-order valence-corrected chi connectivity index (χ1v) is 2.92. The Morgan fingerprint density at radius 1 is 1.78 bits per heavy atom. The summed E-state index contributed by atoms with van der Waals surface area (Å²) >= 11 is 0. The van der Waals surface area contributed by atoms with Crippen molar-refractivity contribution < 1.29 is 4.74 Å². The minimum atomic E-state index is 0.663. The second kappa shape index (κ2) is 3.07. The summed E-state index contributed by atoms with van der Waals surface area (Å²) in [5.41, 5.74) is 0. The van der Waals surface area contributed by atoms with Crippen molar-refractivity contribution in [2.75, 3.05) is 6.61 Å². The van der Waals surface area contributed by atoms with E-state index in [1.165, 1.54) is 0 Å². The maximum absolute atomic E-state index is 5.04. The summed E-state index contributed by atoms with van der Waals surface area (Å²) in [5.74, 6) is 0.702. The Hall–Kier alpha value is -1.05. The minimum Gasteiger partial charge on any atom is -0.473 e. The second-order valence-electron chi connectivity index (χ2n) is 1.66. The zero-order chi connectivity index (χ0) is 6.53. The van der Waals surface area contributed by atoms with Crippen molar-refractivity contribution in [2.24, 2.45) is 4.99 Å². The van der Waals surface area contributed by atoms with Crippen LogP contribution < -0.4 is 0 Å². The third kappa shape index (κ3) is 1.72. The lowest BCUT2D eigenvalue weighted by Crippen LogP contribution is -1.91. The summed E-state index contributed by atoms with van der Waals surface area (Å²) in [6.07, 6.45) is 7.37. The van der Waals surface area contributed by atoms with E-state index in [0.29, 0.717) is 12.5 Å². The van der Waals surface area contributed by atoms with Gasteiger partial charge in [0.2, 0.25) is 5.90 Å². The van der Waals surface area contributed by atoms with Crippen LogP contribution in [-0.4, -0.2) is 12.5 Å². The monoisotopic (exact) mass is 123 g/mol. The van der Waals surface area contributed by atoms with E-state index in [2.05, 4.69) is 4.99 Å². The van der Waals surface area contributed by atoms with Crippen LogP contribution in [0.25, 0.3) is 0 Å². The molecule has 0 aromatic carbocycles. The van der Waals surface area contributed by atoms with Crippen molar-refractivity contribution in [1.82, 2.24) is 0 Å². The normalized spacial score (nSPS) is 21.7. The topological polar surface area (TPSA) is 21.6 Å². The van der Waals surface area contributed by atoms with E-state index in [9.17, 15) is 0 Å². The van der Waals surface area contributed by atoms with Crippen LogP contribution in [0.3, 0.4) is 0 Å². The van der Waals surface area contributed by atoms with Gasteiger partial charge in [-0.05, 0) is 19.1 Å². The third-order valence-electron chi connectivity index (χ3n) is 0.939. The van der Waals surface area contributed by atoms with Gasteiger partial charge in [0.05, 0.1) is 0 Å². The Bertz CT molecular complexity index is 168. The van der Waals surface area contributed by atoms with Gasteiger partial charge < -0.3 is 4.74 Å². The molecule has 0 aliphatic carbocycles. The molecule has 0 saturated heterocycles. The van der Waals surface area contributed by atoms with E-state index in [0.717, 1.165) is 0 Å². The summed E-state index contributed by atoms with van der Waals surface area (Å²) in [5, 5.41) is 0. The van der Waals surface area contributed by atoms with E-state index in [-0.39, 0.29) is 0 Å². The van der Waals surface area contributed by atoms with Crippen LogP contribution in [-0.2, 0) is 4.74 Å². The summed E-state index contributed by atoms with van der Waals surface area (Å²) in [6.45, 7) is 2.58. The predicted octanol–water partition coefficient (Wildman–Crippen LogP) is 1.50. The molecule has 9 heavy (non-hydrogen) atoms. The first-order valence-electron chi connectivity index (χ1n) is 2.92. The molecule has 0 unspecified atom stereocenters. The molecule has 0 amide bonds. The zero-order valence-corrected chi connectivity index (χ0v) is 5.37.